The summed E-state index contributed by atoms with van der Waals surface area (Å²) in [5.41, 5.74) is 7.12. The summed E-state index contributed by atoms with van der Waals surface area (Å²) >= 11 is 11.5. The molecular formula is C30H44Cl2N4O6. The predicted molar refractivity (Wildman–Crippen MR) is 161 cm³/mol. The third-order valence-corrected chi connectivity index (χ3v) is 8.59. The van der Waals surface area contributed by atoms with Gasteiger partial charge < -0.3 is 31.1 Å². The molecule has 2 saturated heterocycles. The fraction of sp³-hybridized carbons (Fsp3) is 0.667. The molecule has 5 N–H and O–H groups in total. The standard InChI is InChI=1S/C30H44Cl2N4O6/c31-26(32)10-4-2-1-3-7-21(33)19-27(38)35-17-5-8-24(35)28(39)34-23(16-13-20-11-14-22(37)15-12-20)29(40)36-18-6-9-25(36)30(41)42/h11-12,14-15,21,23-26,37H,1-10,13,16-19,33H2,(H,34,39)(H,41,42). The molecular weight excluding hydrogens is 583 g/mol. The van der Waals surface area contributed by atoms with Gasteiger partial charge in [-0.3, -0.25) is 14.4 Å². The molecule has 0 radical (unpaired) electrons. The van der Waals surface area contributed by atoms with Crippen LogP contribution in [0.15, 0.2) is 24.3 Å². The van der Waals surface area contributed by atoms with Crippen LogP contribution in [0.5, 0.6) is 5.75 Å². The number of phenolic OH excluding ortho intramolecular Hbond substituents is 1. The fourth-order valence-electron chi connectivity index (χ4n) is 5.83. The summed E-state index contributed by atoms with van der Waals surface area (Å²) in [7, 11) is 0. The monoisotopic (exact) mass is 626 g/mol. The van der Waals surface area contributed by atoms with Gasteiger partial charge in [0.2, 0.25) is 17.7 Å². The van der Waals surface area contributed by atoms with E-state index in [1.807, 2.05) is 0 Å². The number of aryl methyl sites for hydroxylation is 1. The van der Waals surface area contributed by atoms with Crippen molar-refractivity contribution in [3.05, 3.63) is 29.8 Å². The number of nitrogens with zero attached hydrogens (tertiary/aromatic N) is 2. The second-order valence-electron chi connectivity index (χ2n) is 11.4. The molecule has 0 bridgehead atoms. The molecule has 0 saturated carbocycles. The van der Waals surface area contributed by atoms with Gasteiger partial charge in [-0.15, -0.1) is 23.2 Å². The Morgan fingerprint density at radius 2 is 1.52 bits per heavy atom. The lowest BCUT2D eigenvalue weighted by Crippen LogP contribution is -2.55. The van der Waals surface area contributed by atoms with Gasteiger partial charge in [0, 0.05) is 25.6 Å². The average Bonchev–Trinajstić information content (AvgIpc) is 3.64. The number of carbonyl (C=O) groups excluding carboxylic acids is 3. The number of nitrogens with one attached hydrogen (secondary N) is 1. The van der Waals surface area contributed by atoms with Gasteiger partial charge in [0.15, 0.2) is 0 Å². The number of rotatable bonds is 16. The summed E-state index contributed by atoms with van der Waals surface area (Å²) in [6.07, 6.45) is 8.21. The Kier molecular flexibility index (Phi) is 13.7. The number of nitrogens with two attached hydrogens (primary N) is 1. The van der Waals surface area contributed by atoms with E-state index in [1.165, 1.54) is 4.90 Å². The van der Waals surface area contributed by atoms with Crippen LogP contribution in [0.3, 0.4) is 0 Å². The third kappa shape index (κ3) is 10.3. The van der Waals surface area contributed by atoms with Crippen LogP contribution in [0.25, 0.3) is 0 Å². The van der Waals surface area contributed by atoms with E-state index in [4.69, 9.17) is 28.9 Å². The highest BCUT2D eigenvalue weighted by Gasteiger charge is 2.40. The zero-order chi connectivity index (χ0) is 30.6. The van der Waals surface area contributed by atoms with Crippen LogP contribution in [-0.4, -0.2) is 85.8 Å². The number of hydrogen-bond acceptors (Lipinski definition) is 6. The Morgan fingerprint density at radius 3 is 2.17 bits per heavy atom. The van der Waals surface area contributed by atoms with Gasteiger partial charge in [-0.1, -0.05) is 37.8 Å². The first-order valence-corrected chi connectivity index (χ1v) is 15.9. The van der Waals surface area contributed by atoms with Crippen molar-refractivity contribution in [3.63, 3.8) is 0 Å². The zero-order valence-electron chi connectivity index (χ0n) is 24.1. The van der Waals surface area contributed by atoms with Crippen molar-refractivity contribution in [2.24, 2.45) is 5.73 Å². The number of aromatic hydroxyl groups is 1. The summed E-state index contributed by atoms with van der Waals surface area (Å²) in [5.74, 6) is -1.96. The number of amides is 3. The molecule has 2 fully saturated rings. The Morgan fingerprint density at radius 1 is 0.905 bits per heavy atom. The zero-order valence-corrected chi connectivity index (χ0v) is 25.6. The van der Waals surface area contributed by atoms with Gasteiger partial charge in [-0.2, -0.15) is 0 Å². The molecule has 4 unspecified atom stereocenters. The molecule has 0 aromatic heterocycles. The highest BCUT2D eigenvalue weighted by molar-refractivity contribution is 6.44. The van der Waals surface area contributed by atoms with Gasteiger partial charge in [-0.25, -0.2) is 4.79 Å². The van der Waals surface area contributed by atoms with Crippen LogP contribution in [0, 0.1) is 0 Å². The quantitative estimate of drug-likeness (QED) is 0.161. The summed E-state index contributed by atoms with van der Waals surface area (Å²) in [4.78, 5) is 54.5. The van der Waals surface area contributed by atoms with Crippen LogP contribution in [-0.2, 0) is 25.6 Å². The minimum Gasteiger partial charge on any atom is -0.508 e. The number of halogens is 2. The lowest BCUT2D eigenvalue weighted by Gasteiger charge is -2.30. The molecule has 12 heteroatoms. The van der Waals surface area contributed by atoms with Crippen molar-refractivity contribution in [2.45, 2.75) is 112 Å². The van der Waals surface area contributed by atoms with Gasteiger partial charge in [0.05, 0.1) is 0 Å². The highest BCUT2D eigenvalue weighted by Crippen LogP contribution is 2.23. The first-order valence-electron chi connectivity index (χ1n) is 15.0. The van der Waals surface area contributed by atoms with E-state index >= 15 is 0 Å². The van der Waals surface area contributed by atoms with Crippen molar-refractivity contribution in [2.75, 3.05) is 13.1 Å². The summed E-state index contributed by atoms with van der Waals surface area (Å²) < 4.78 is 0. The lowest BCUT2D eigenvalue weighted by atomic mass is 10.0. The Labute approximate surface area is 257 Å². The van der Waals surface area contributed by atoms with E-state index in [9.17, 15) is 29.4 Å². The number of phenols is 1. The molecule has 2 aliphatic heterocycles. The lowest BCUT2D eigenvalue weighted by molar-refractivity contribution is -0.149. The van der Waals surface area contributed by atoms with E-state index in [-0.39, 0.29) is 35.4 Å². The molecule has 0 spiro atoms. The highest BCUT2D eigenvalue weighted by atomic mass is 35.5. The molecule has 10 nitrogen and oxygen atoms in total. The van der Waals surface area contributed by atoms with E-state index < -0.39 is 35.9 Å². The summed E-state index contributed by atoms with van der Waals surface area (Å²) in [5, 5.41) is 22.1. The maximum Gasteiger partial charge on any atom is 0.326 e. The minimum atomic E-state index is -1.06. The average molecular weight is 628 g/mol. The molecule has 1 aromatic carbocycles. The summed E-state index contributed by atoms with van der Waals surface area (Å²) in [6.45, 7) is 0.758. The van der Waals surface area contributed by atoms with E-state index in [2.05, 4.69) is 5.32 Å². The molecule has 2 aliphatic rings. The topological polar surface area (TPSA) is 153 Å². The van der Waals surface area contributed by atoms with Crippen molar-refractivity contribution in [1.29, 1.82) is 0 Å². The second-order valence-corrected chi connectivity index (χ2v) is 12.7. The van der Waals surface area contributed by atoms with Gasteiger partial charge in [0.25, 0.3) is 0 Å². The predicted octanol–water partition coefficient (Wildman–Crippen LogP) is 3.74. The normalized spacial score (nSPS) is 20.1. The van der Waals surface area contributed by atoms with Gasteiger partial charge >= 0.3 is 5.97 Å². The smallest absolute Gasteiger partial charge is 0.326 e. The van der Waals surface area contributed by atoms with Crippen molar-refractivity contribution >= 4 is 46.9 Å². The number of likely N-dealkylation sites (tertiary alicyclic amines) is 2. The molecule has 3 amide bonds. The van der Waals surface area contributed by atoms with E-state index in [1.54, 1.807) is 29.2 Å². The Hall–Kier alpha value is -2.56. The largest absolute Gasteiger partial charge is 0.508 e. The number of unbranched alkanes of at least 4 members (excludes halogenated alkanes) is 3. The maximum atomic E-state index is 13.5. The number of hydrogen-bond donors (Lipinski definition) is 4. The van der Waals surface area contributed by atoms with Crippen LogP contribution < -0.4 is 11.1 Å². The second kappa shape index (κ2) is 16.9. The Balaban J connectivity index is 1.59. The first-order chi connectivity index (χ1) is 20.1. The number of carboxylic acid groups (broad SMARTS) is 1. The molecule has 42 heavy (non-hydrogen) atoms. The molecule has 234 valence electrons. The maximum absolute atomic E-state index is 13.5. The van der Waals surface area contributed by atoms with Gasteiger partial charge in [-0.05, 0) is 69.1 Å². The fourth-order valence-corrected chi connectivity index (χ4v) is 6.14. The Bertz CT molecular complexity index is 1060. The van der Waals surface area contributed by atoms with Crippen LogP contribution >= 0.6 is 23.2 Å². The number of benzene rings is 1. The molecule has 3 rings (SSSR count). The third-order valence-electron chi connectivity index (χ3n) is 8.15. The van der Waals surface area contributed by atoms with Crippen LogP contribution in [0.2, 0.25) is 0 Å². The van der Waals surface area contributed by atoms with Crippen LogP contribution in [0.1, 0.15) is 82.6 Å². The van der Waals surface area contributed by atoms with E-state index in [0.717, 1.165) is 37.7 Å². The van der Waals surface area contributed by atoms with E-state index in [0.29, 0.717) is 51.6 Å². The van der Waals surface area contributed by atoms with Crippen molar-refractivity contribution in [3.8, 4) is 5.75 Å². The molecule has 2 heterocycles. The molecule has 1 aromatic rings. The summed E-state index contributed by atoms with van der Waals surface area (Å²) in [6, 6.07) is 3.70. The number of carboxylic acids is 1. The minimum absolute atomic E-state index is 0.124. The van der Waals surface area contributed by atoms with Crippen molar-refractivity contribution in [1.82, 2.24) is 15.1 Å². The molecule has 0 aliphatic carbocycles. The SMILES string of the molecule is NC(CCCCCCC(Cl)Cl)CC(=O)N1CCCC1C(=O)NC(CCc1ccc(O)cc1)C(=O)N1CCCC1C(=O)O. The number of alkyl halides is 2. The number of carbonyl (C=O) groups is 4. The number of aliphatic carboxylic acids is 1. The van der Waals surface area contributed by atoms with Crippen molar-refractivity contribution < 1.29 is 29.4 Å². The molecule has 4 atom stereocenters. The van der Waals surface area contributed by atoms with Crippen LogP contribution in [0.4, 0.5) is 0 Å². The first kappa shape index (κ1) is 33.9. The van der Waals surface area contributed by atoms with Gasteiger partial charge in [0.1, 0.15) is 28.7 Å².